The molecule has 1 heterocycles. The van der Waals surface area contributed by atoms with Crippen molar-refractivity contribution in [1.82, 2.24) is 5.32 Å². The van der Waals surface area contributed by atoms with Crippen molar-refractivity contribution in [2.75, 3.05) is 6.54 Å². The predicted octanol–water partition coefficient (Wildman–Crippen LogP) is 1.90. The van der Waals surface area contributed by atoms with Gasteiger partial charge in [-0.3, -0.25) is 5.32 Å². The first-order valence-corrected chi connectivity index (χ1v) is 4.63. The third kappa shape index (κ3) is 1.94. The number of rotatable bonds is 2. The van der Waals surface area contributed by atoms with Gasteiger partial charge in [0.05, 0.1) is 5.60 Å². The Balaban J connectivity index is 2.52. The number of ether oxygens (including phenoxy) is 1. The molecular formula is C9H19NO. The van der Waals surface area contributed by atoms with Crippen LogP contribution in [0.2, 0.25) is 0 Å². The predicted molar refractivity (Wildman–Crippen MR) is 46.5 cm³/mol. The minimum absolute atomic E-state index is 0.171. The highest BCUT2D eigenvalue weighted by atomic mass is 16.5. The van der Waals surface area contributed by atoms with Crippen LogP contribution in [0.3, 0.4) is 0 Å². The van der Waals surface area contributed by atoms with Crippen LogP contribution in [0.15, 0.2) is 0 Å². The van der Waals surface area contributed by atoms with E-state index in [0.29, 0.717) is 0 Å². The molecular weight excluding hydrogens is 138 g/mol. The molecule has 2 nitrogen and oxygen atoms in total. The van der Waals surface area contributed by atoms with Crippen molar-refractivity contribution in [2.45, 2.75) is 51.9 Å². The van der Waals surface area contributed by atoms with Crippen LogP contribution in [0.25, 0.3) is 0 Å². The molecule has 1 rings (SSSR count). The topological polar surface area (TPSA) is 21.3 Å². The highest BCUT2D eigenvalue weighted by Crippen LogP contribution is 2.27. The van der Waals surface area contributed by atoms with Crippen LogP contribution in [0.1, 0.15) is 40.0 Å². The zero-order valence-corrected chi connectivity index (χ0v) is 7.81. The molecule has 0 saturated carbocycles. The van der Waals surface area contributed by atoms with Gasteiger partial charge in [-0.1, -0.05) is 13.8 Å². The van der Waals surface area contributed by atoms with E-state index < -0.39 is 0 Å². The summed E-state index contributed by atoms with van der Waals surface area (Å²) in [6, 6.07) is 0. The Labute approximate surface area is 69.3 Å². The van der Waals surface area contributed by atoms with Gasteiger partial charge in [0.25, 0.3) is 0 Å². The summed E-state index contributed by atoms with van der Waals surface area (Å²) in [5.41, 5.74) is 0.171. The van der Waals surface area contributed by atoms with E-state index in [9.17, 15) is 0 Å². The van der Waals surface area contributed by atoms with Gasteiger partial charge in [0.15, 0.2) is 0 Å². The normalized spacial score (nSPS) is 30.3. The molecule has 1 saturated heterocycles. The van der Waals surface area contributed by atoms with Crippen LogP contribution in [-0.2, 0) is 4.74 Å². The monoisotopic (exact) mass is 157 g/mol. The molecule has 2 heteroatoms. The van der Waals surface area contributed by atoms with Crippen LogP contribution < -0.4 is 5.32 Å². The summed E-state index contributed by atoms with van der Waals surface area (Å²) in [5.74, 6) is 0. The molecule has 66 valence electrons. The van der Waals surface area contributed by atoms with E-state index in [0.717, 1.165) is 25.8 Å². The molecule has 0 bridgehead atoms. The number of hydrogen-bond donors (Lipinski definition) is 1. The van der Waals surface area contributed by atoms with E-state index in [2.05, 4.69) is 26.1 Å². The summed E-state index contributed by atoms with van der Waals surface area (Å²) >= 11 is 0. The van der Waals surface area contributed by atoms with Gasteiger partial charge in [-0.15, -0.1) is 0 Å². The van der Waals surface area contributed by atoms with Gasteiger partial charge < -0.3 is 4.74 Å². The Morgan fingerprint density at radius 3 is 2.45 bits per heavy atom. The van der Waals surface area contributed by atoms with Gasteiger partial charge in [0.1, 0.15) is 6.23 Å². The van der Waals surface area contributed by atoms with E-state index >= 15 is 0 Å². The van der Waals surface area contributed by atoms with Gasteiger partial charge in [-0.25, -0.2) is 0 Å². The third-order valence-corrected chi connectivity index (χ3v) is 2.73. The highest BCUT2D eigenvalue weighted by molar-refractivity contribution is 4.82. The first-order valence-electron chi connectivity index (χ1n) is 4.63. The quantitative estimate of drug-likeness (QED) is 0.661. The Morgan fingerprint density at radius 1 is 1.45 bits per heavy atom. The standard InChI is InChI=1S/C9H19NO/c1-4-9(5-2)6-7-10-8(3)11-9/h8,10H,4-7H2,1-3H3. The summed E-state index contributed by atoms with van der Waals surface area (Å²) < 4.78 is 5.86. The second-order valence-corrected chi connectivity index (χ2v) is 3.35. The van der Waals surface area contributed by atoms with Gasteiger partial charge in [0.2, 0.25) is 0 Å². The van der Waals surface area contributed by atoms with E-state index in [1.54, 1.807) is 0 Å². The summed E-state index contributed by atoms with van der Waals surface area (Å²) in [6.45, 7) is 7.60. The molecule has 1 atom stereocenters. The Kier molecular flexibility index (Phi) is 2.90. The second-order valence-electron chi connectivity index (χ2n) is 3.35. The molecule has 1 unspecified atom stereocenters. The van der Waals surface area contributed by atoms with Crippen molar-refractivity contribution in [1.29, 1.82) is 0 Å². The summed E-state index contributed by atoms with van der Waals surface area (Å²) in [4.78, 5) is 0. The van der Waals surface area contributed by atoms with Crippen molar-refractivity contribution in [3.05, 3.63) is 0 Å². The second kappa shape index (κ2) is 3.55. The van der Waals surface area contributed by atoms with Crippen LogP contribution in [0.5, 0.6) is 0 Å². The smallest absolute Gasteiger partial charge is 0.106 e. The molecule has 0 aliphatic carbocycles. The molecule has 1 fully saturated rings. The first-order chi connectivity index (χ1) is 5.22. The molecule has 0 aromatic rings. The fourth-order valence-corrected chi connectivity index (χ4v) is 1.75. The van der Waals surface area contributed by atoms with Gasteiger partial charge in [0, 0.05) is 6.54 Å². The van der Waals surface area contributed by atoms with Crippen LogP contribution in [-0.4, -0.2) is 18.4 Å². The first kappa shape index (κ1) is 9.01. The summed E-state index contributed by atoms with van der Waals surface area (Å²) in [6.07, 6.45) is 3.67. The SMILES string of the molecule is CCC1(CC)CCNC(C)O1. The zero-order chi connectivity index (χ0) is 8.32. The molecule has 0 aromatic heterocycles. The van der Waals surface area contributed by atoms with Gasteiger partial charge in [-0.2, -0.15) is 0 Å². The fourth-order valence-electron chi connectivity index (χ4n) is 1.75. The fraction of sp³-hybridized carbons (Fsp3) is 1.00. The maximum atomic E-state index is 5.86. The summed E-state index contributed by atoms with van der Waals surface area (Å²) in [5, 5.41) is 3.28. The lowest BCUT2D eigenvalue weighted by atomic mass is 9.92. The number of hydrogen-bond acceptors (Lipinski definition) is 2. The van der Waals surface area contributed by atoms with E-state index in [1.165, 1.54) is 0 Å². The average Bonchev–Trinajstić information content (AvgIpc) is 2.04. The lowest BCUT2D eigenvalue weighted by Crippen LogP contribution is -2.48. The molecule has 0 spiro atoms. The highest BCUT2D eigenvalue weighted by Gasteiger charge is 2.31. The molecule has 1 aliphatic rings. The lowest BCUT2D eigenvalue weighted by Gasteiger charge is -2.39. The van der Waals surface area contributed by atoms with Crippen molar-refractivity contribution >= 4 is 0 Å². The van der Waals surface area contributed by atoms with Crippen LogP contribution in [0.4, 0.5) is 0 Å². The summed E-state index contributed by atoms with van der Waals surface area (Å²) in [7, 11) is 0. The largest absolute Gasteiger partial charge is 0.357 e. The maximum absolute atomic E-state index is 5.86. The maximum Gasteiger partial charge on any atom is 0.106 e. The minimum Gasteiger partial charge on any atom is -0.357 e. The van der Waals surface area contributed by atoms with E-state index in [-0.39, 0.29) is 11.8 Å². The van der Waals surface area contributed by atoms with Crippen molar-refractivity contribution in [3.8, 4) is 0 Å². The molecule has 1 N–H and O–H groups in total. The zero-order valence-electron chi connectivity index (χ0n) is 7.81. The van der Waals surface area contributed by atoms with Crippen molar-refractivity contribution < 1.29 is 4.74 Å². The molecule has 0 aromatic carbocycles. The molecule has 0 radical (unpaired) electrons. The average molecular weight is 157 g/mol. The van der Waals surface area contributed by atoms with Gasteiger partial charge >= 0.3 is 0 Å². The third-order valence-electron chi connectivity index (χ3n) is 2.73. The molecule has 1 aliphatic heterocycles. The Bertz CT molecular complexity index is 121. The van der Waals surface area contributed by atoms with E-state index in [4.69, 9.17) is 4.74 Å². The van der Waals surface area contributed by atoms with Crippen LogP contribution in [0, 0.1) is 0 Å². The lowest BCUT2D eigenvalue weighted by molar-refractivity contribution is -0.132. The molecule has 0 amide bonds. The molecule has 11 heavy (non-hydrogen) atoms. The van der Waals surface area contributed by atoms with Crippen molar-refractivity contribution in [2.24, 2.45) is 0 Å². The van der Waals surface area contributed by atoms with Gasteiger partial charge in [-0.05, 0) is 26.2 Å². The van der Waals surface area contributed by atoms with E-state index in [1.807, 2.05) is 0 Å². The Morgan fingerprint density at radius 2 is 2.09 bits per heavy atom. The van der Waals surface area contributed by atoms with Crippen molar-refractivity contribution in [3.63, 3.8) is 0 Å². The Hall–Kier alpha value is -0.0800. The minimum atomic E-state index is 0.171. The number of nitrogens with one attached hydrogen (secondary N) is 1. The van der Waals surface area contributed by atoms with Crippen LogP contribution >= 0.6 is 0 Å².